The van der Waals surface area contributed by atoms with Gasteiger partial charge in [0.05, 0.1) is 5.56 Å². The minimum atomic E-state index is -0.485. The van der Waals surface area contributed by atoms with Gasteiger partial charge in [0.2, 0.25) is 0 Å². The number of carbonyl (C=O) groups is 1. The Morgan fingerprint density at radius 2 is 1.89 bits per heavy atom. The molecule has 5 heteroatoms. The number of amides is 1. The third-order valence-electron chi connectivity index (χ3n) is 4.47. The summed E-state index contributed by atoms with van der Waals surface area (Å²) in [5.41, 5.74) is 2.33. The van der Waals surface area contributed by atoms with Crippen molar-refractivity contribution < 1.29 is 9.18 Å². The lowest BCUT2D eigenvalue weighted by Crippen LogP contribution is -2.48. The van der Waals surface area contributed by atoms with Crippen molar-refractivity contribution in [3.05, 3.63) is 89.9 Å². The van der Waals surface area contributed by atoms with Crippen molar-refractivity contribution in [1.29, 1.82) is 0 Å². The van der Waals surface area contributed by atoms with Gasteiger partial charge in [0.1, 0.15) is 11.3 Å². The molecular weight excluding hydrogens is 371 g/mol. The predicted molar refractivity (Wildman–Crippen MR) is 118 cm³/mol. The highest BCUT2D eigenvalue weighted by Gasteiger charge is 2.27. The number of halogens is 1. The van der Waals surface area contributed by atoms with E-state index in [-0.39, 0.29) is 24.9 Å². The minimum Gasteiger partial charge on any atom is -0.346 e. The van der Waals surface area contributed by atoms with Crippen LogP contribution in [-0.2, 0) is 6.42 Å². The monoisotopic (exact) mass is 396 g/mol. The highest BCUT2D eigenvalue weighted by Crippen LogP contribution is 2.22. The van der Waals surface area contributed by atoms with Gasteiger partial charge in [-0.2, -0.15) is 13.5 Å². The largest absolute Gasteiger partial charge is 0.346 e. The van der Waals surface area contributed by atoms with Gasteiger partial charge in [0, 0.05) is 17.1 Å². The smallest absolute Gasteiger partial charge is 0.253 e. The molecule has 3 nitrogen and oxygen atoms in total. The Morgan fingerprint density at radius 1 is 1.18 bits per heavy atom. The zero-order valence-corrected chi connectivity index (χ0v) is 17.1. The van der Waals surface area contributed by atoms with Gasteiger partial charge in [-0.1, -0.05) is 48.0 Å². The van der Waals surface area contributed by atoms with Crippen LogP contribution in [0.2, 0.25) is 0 Å². The molecule has 1 atom stereocenters. The Balaban J connectivity index is 0.00000280. The fourth-order valence-corrected chi connectivity index (χ4v) is 3.46. The highest BCUT2D eigenvalue weighted by molar-refractivity contribution is 7.59. The lowest BCUT2D eigenvalue weighted by Gasteiger charge is -2.31. The third kappa shape index (κ3) is 5.20. The van der Waals surface area contributed by atoms with E-state index in [0.29, 0.717) is 23.8 Å². The van der Waals surface area contributed by atoms with E-state index in [1.54, 1.807) is 18.2 Å². The number of nitrogens with one attached hydrogen (secondary N) is 1. The minimum absolute atomic E-state index is 0. The van der Waals surface area contributed by atoms with Gasteiger partial charge in [0.25, 0.3) is 5.91 Å². The number of aromatic nitrogens is 1. The lowest BCUT2D eigenvalue weighted by atomic mass is 9.86. The number of benzene rings is 2. The number of nitrogens with zero attached hydrogens (tertiary/aromatic N) is 1. The van der Waals surface area contributed by atoms with Crippen LogP contribution in [0, 0.1) is 5.82 Å². The number of hydrogen-bond donors (Lipinski definition) is 1. The molecule has 3 aromatic rings. The van der Waals surface area contributed by atoms with Crippen LogP contribution in [0.15, 0.2) is 72.9 Å². The summed E-state index contributed by atoms with van der Waals surface area (Å²) in [6, 6.07) is 16.4. The summed E-state index contributed by atoms with van der Waals surface area (Å²) in [5, 5.41) is 3.74. The molecule has 0 spiro atoms. The first-order valence-electron chi connectivity index (χ1n) is 8.91. The molecule has 0 unspecified atom stereocenters. The summed E-state index contributed by atoms with van der Waals surface area (Å²) in [6.07, 6.45) is 2.76. The SMILES string of the molecule is C=C(C)C[C@@](C)(Cc1ccccc1)NC(=O)c1cnc2c(F)cccc2c1.S. The Hall–Kier alpha value is -2.66. The van der Waals surface area contributed by atoms with Crippen LogP contribution in [0.4, 0.5) is 4.39 Å². The second-order valence-electron chi connectivity index (χ2n) is 7.35. The molecule has 1 aromatic heterocycles. The van der Waals surface area contributed by atoms with E-state index in [9.17, 15) is 9.18 Å². The first-order chi connectivity index (χ1) is 12.9. The van der Waals surface area contributed by atoms with Crippen LogP contribution in [0.25, 0.3) is 10.9 Å². The van der Waals surface area contributed by atoms with E-state index in [0.717, 1.165) is 11.1 Å². The molecule has 3 rings (SSSR count). The highest BCUT2D eigenvalue weighted by atomic mass is 32.1. The van der Waals surface area contributed by atoms with Gasteiger partial charge in [-0.05, 0) is 44.4 Å². The van der Waals surface area contributed by atoms with Gasteiger partial charge in [0.15, 0.2) is 0 Å². The number of hydrogen-bond acceptors (Lipinski definition) is 2. The Morgan fingerprint density at radius 3 is 2.57 bits per heavy atom. The summed E-state index contributed by atoms with van der Waals surface area (Å²) in [4.78, 5) is 17.0. The Kier molecular flexibility index (Phi) is 6.97. The molecule has 1 N–H and O–H groups in total. The molecule has 0 aliphatic carbocycles. The van der Waals surface area contributed by atoms with Crippen molar-refractivity contribution in [1.82, 2.24) is 10.3 Å². The maximum absolute atomic E-state index is 13.8. The van der Waals surface area contributed by atoms with Gasteiger partial charge in [-0.3, -0.25) is 9.78 Å². The Labute approximate surface area is 172 Å². The van der Waals surface area contributed by atoms with E-state index < -0.39 is 11.4 Å². The zero-order chi connectivity index (χ0) is 19.4. The summed E-state index contributed by atoms with van der Waals surface area (Å²) >= 11 is 0. The molecule has 0 saturated carbocycles. The zero-order valence-electron chi connectivity index (χ0n) is 16.1. The van der Waals surface area contributed by atoms with E-state index >= 15 is 0 Å². The maximum atomic E-state index is 13.8. The standard InChI is InChI=1S/C23H23FN2O.H2S/c1-16(2)13-23(3,14-17-8-5-4-6-9-17)26-22(27)19-12-18-10-7-11-20(24)21(18)25-15-19;/h4-12,15H,1,13-14H2,2-3H3,(H,26,27);1H2/t23-;/m0./s1. The van der Waals surface area contributed by atoms with Gasteiger partial charge in [-0.25, -0.2) is 4.39 Å². The second-order valence-corrected chi connectivity index (χ2v) is 7.35. The summed E-state index contributed by atoms with van der Waals surface area (Å²) in [5.74, 6) is -0.621. The average Bonchev–Trinajstić information content (AvgIpc) is 2.61. The van der Waals surface area contributed by atoms with Gasteiger partial charge in [-0.15, -0.1) is 6.58 Å². The quantitative estimate of drug-likeness (QED) is 0.583. The van der Waals surface area contributed by atoms with E-state index in [2.05, 4.69) is 16.9 Å². The van der Waals surface area contributed by atoms with E-state index in [4.69, 9.17) is 0 Å². The molecule has 1 heterocycles. The normalized spacial score (nSPS) is 12.7. The third-order valence-corrected chi connectivity index (χ3v) is 4.47. The first-order valence-corrected chi connectivity index (χ1v) is 8.91. The van der Waals surface area contributed by atoms with Crippen LogP contribution in [0.5, 0.6) is 0 Å². The van der Waals surface area contributed by atoms with E-state index in [1.807, 2.05) is 44.2 Å². The van der Waals surface area contributed by atoms with Gasteiger partial charge < -0.3 is 5.32 Å². The fourth-order valence-electron chi connectivity index (χ4n) is 3.46. The second kappa shape index (κ2) is 9.02. The van der Waals surface area contributed by atoms with Crippen LogP contribution in [0.3, 0.4) is 0 Å². The fraction of sp³-hybridized carbons (Fsp3) is 0.217. The van der Waals surface area contributed by atoms with Crippen molar-refractivity contribution in [3.8, 4) is 0 Å². The van der Waals surface area contributed by atoms with Crippen molar-refractivity contribution >= 4 is 30.3 Å². The van der Waals surface area contributed by atoms with Crippen LogP contribution in [0.1, 0.15) is 36.2 Å². The molecule has 0 saturated heterocycles. The van der Waals surface area contributed by atoms with Crippen LogP contribution in [-0.4, -0.2) is 16.4 Å². The lowest BCUT2D eigenvalue weighted by molar-refractivity contribution is 0.0905. The van der Waals surface area contributed by atoms with Crippen molar-refractivity contribution in [3.63, 3.8) is 0 Å². The average molecular weight is 397 g/mol. The summed E-state index contributed by atoms with van der Waals surface area (Å²) in [6.45, 7) is 7.98. The predicted octanol–water partition coefficient (Wildman–Crippen LogP) is 5.18. The molecule has 0 radical (unpaired) electrons. The molecule has 0 aliphatic heterocycles. The molecule has 0 bridgehead atoms. The number of fused-ring (bicyclic) bond motifs is 1. The molecule has 2 aromatic carbocycles. The molecule has 0 fully saturated rings. The van der Waals surface area contributed by atoms with Crippen molar-refractivity contribution in [2.24, 2.45) is 0 Å². The number of rotatable bonds is 6. The molecule has 146 valence electrons. The molecule has 1 amide bonds. The molecular formula is C23H25FN2OS. The number of pyridine rings is 1. The van der Waals surface area contributed by atoms with Crippen molar-refractivity contribution in [2.45, 2.75) is 32.2 Å². The summed E-state index contributed by atoms with van der Waals surface area (Å²) in [7, 11) is 0. The van der Waals surface area contributed by atoms with Crippen molar-refractivity contribution in [2.75, 3.05) is 0 Å². The molecule has 28 heavy (non-hydrogen) atoms. The number of para-hydroxylation sites is 1. The first kappa shape index (κ1) is 21.6. The van der Waals surface area contributed by atoms with Crippen LogP contribution >= 0.6 is 13.5 Å². The summed E-state index contributed by atoms with van der Waals surface area (Å²) < 4.78 is 13.8. The van der Waals surface area contributed by atoms with E-state index in [1.165, 1.54) is 12.3 Å². The topological polar surface area (TPSA) is 42.0 Å². The maximum Gasteiger partial charge on any atom is 0.253 e. The van der Waals surface area contributed by atoms with Gasteiger partial charge >= 0.3 is 0 Å². The van der Waals surface area contributed by atoms with Crippen LogP contribution < -0.4 is 5.32 Å². The Bertz CT molecular complexity index is 990. The molecule has 0 aliphatic rings. The number of carbonyl (C=O) groups excluding carboxylic acids is 1.